The van der Waals surface area contributed by atoms with Crippen molar-refractivity contribution in [1.82, 2.24) is 15.0 Å². The third kappa shape index (κ3) is 3.27. The Balaban J connectivity index is 1.54. The van der Waals surface area contributed by atoms with E-state index in [1.165, 1.54) is 0 Å². The third-order valence-corrected chi connectivity index (χ3v) is 5.51. The second-order valence-electron chi connectivity index (χ2n) is 7.85. The van der Waals surface area contributed by atoms with Crippen LogP contribution in [0, 0.1) is 0 Å². The summed E-state index contributed by atoms with van der Waals surface area (Å²) in [6.07, 6.45) is 3.95. The molecule has 1 aliphatic heterocycles. The van der Waals surface area contributed by atoms with Gasteiger partial charge < -0.3 is 9.32 Å². The fourth-order valence-electron chi connectivity index (χ4n) is 4.07. The lowest BCUT2D eigenvalue weighted by molar-refractivity contribution is 0.408. The van der Waals surface area contributed by atoms with E-state index in [9.17, 15) is 0 Å². The van der Waals surface area contributed by atoms with Gasteiger partial charge in [-0.15, -0.1) is 0 Å². The average Bonchev–Trinajstić information content (AvgIpc) is 3.41. The molecule has 29 heavy (non-hydrogen) atoms. The highest BCUT2D eigenvalue weighted by molar-refractivity contribution is 5.75. The fraction of sp³-hybridized carbons (Fsp3) is 0.292. The van der Waals surface area contributed by atoms with E-state index in [0.717, 1.165) is 59.1 Å². The first kappa shape index (κ1) is 17.9. The molecule has 5 heteroatoms. The van der Waals surface area contributed by atoms with E-state index < -0.39 is 0 Å². The molecule has 146 valence electrons. The van der Waals surface area contributed by atoms with Crippen LogP contribution >= 0.6 is 0 Å². The highest BCUT2D eigenvalue weighted by atomic mass is 16.4. The molecule has 0 saturated carbocycles. The van der Waals surface area contributed by atoms with Gasteiger partial charge in [0.1, 0.15) is 23.3 Å². The Hall–Kier alpha value is -3.21. The molecule has 5 rings (SSSR count). The zero-order valence-electron chi connectivity index (χ0n) is 16.7. The minimum atomic E-state index is 0.0837. The standard InChI is InChI=1S/C24H24N4O/c1-16(2)23-22(17-9-4-3-5-10-17)27-24(29-23)20-13-8-14-28(20)21-15-25-18-11-6-7-12-19(18)26-21/h3-7,9-12,15-16,20H,8,13-14H2,1-2H3. The van der Waals surface area contributed by atoms with Gasteiger partial charge in [-0.05, 0) is 25.0 Å². The molecule has 3 heterocycles. The minimum Gasteiger partial charge on any atom is -0.442 e. The zero-order valence-corrected chi connectivity index (χ0v) is 16.7. The van der Waals surface area contributed by atoms with Crippen LogP contribution in [0.5, 0.6) is 0 Å². The molecule has 0 spiro atoms. The summed E-state index contributed by atoms with van der Waals surface area (Å²) >= 11 is 0. The van der Waals surface area contributed by atoms with E-state index in [2.05, 4.69) is 35.9 Å². The van der Waals surface area contributed by atoms with Gasteiger partial charge in [0.05, 0.1) is 17.2 Å². The lowest BCUT2D eigenvalue weighted by atomic mass is 10.0. The molecule has 0 radical (unpaired) electrons. The van der Waals surface area contributed by atoms with Crippen molar-refractivity contribution in [3.63, 3.8) is 0 Å². The van der Waals surface area contributed by atoms with E-state index in [1.54, 1.807) is 0 Å². The van der Waals surface area contributed by atoms with E-state index in [4.69, 9.17) is 14.4 Å². The lowest BCUT2D eigenvalue weighted by Gasteiger charge is -2.23. The SMILES string of the molecule is CC(C)c1oc(C2CCCN2c2cnc3ccccc3n2)nc1-c1ccccc1. The molecule has 2 aromatic heterocycles. The van der Waals surface area contributed by atoms with Crippen LogP contribution in [0.2, 0.25) is 0 Å². The van der Waals surface area contributed by atoms with Gasteiger partial charge in [0, 0.05) is 18.0 Å². The molecular formula is C24H24N4O. The maximum absolute atomic E-state index is 6.35. The lowest BCUT2D eigenvalue weighted by Crippen LogP contribution is -2.24. The van der Waals surface area contributed by atoms with Gasteiger partial charge in [0.15, 0.2) is 0 Å². The molecule has 0 bridgehead atoms. The Morgan fingerprint density at radius 3 is 2.52 bits per heavy atom. The predicted octanol–water partition coefficient (Wildman–Crippen LogP) is 5.75. The Morgan fingerprint density at radius 1 is 0.966 bits per heavy atom. The van der Waals surface area contributed by atoms with Gasteiger partial charge in [-0.1, -0.05) is 56.3 Å². The predicted molar refractivity (Wildman–Crippen MR) is 115 cm³/mol. The van der Waals surface area contributed by atoms with E-state index >= 15 is 0 Å². The highest BCUT2D eigenvalue weighted by Crippen LogP contribution is 2.39. The van der Waals surface area contributed by atoms with Crippen LogP contribution in [0.15, 0.2) is 65.2 Å². The summed E-state index contributed by atoms with van der Waals surface area (Å²) < 4.78 is 6.35. The van der Waals surface area contributed by atoms with Crippen molar-refractivity contribution in [2.45, 2.75) is 38.6 Å². The normalized spacial score (nSPS) is 16.8. The average molecular weight is 384 g/mol. The smallest absolute Gasteiger partial charge is 0.217 e. The van der Waals surface area contributed by atoms with Crippen molar-refractivity contribution < 1.29 is 4.42 Å². The number of benzene rings is 2. The van der Waals surface area contributed by atoms with Crippen molar-refractivity contribution in [3.05, 3.63) is 72.4 Å². The van der Waals surface area contributed by atoms with Crippen LogP contribution in [-0.2, 0) is 0 Å². The van der Waals surface area contributed by atoms with Gasteiger partial charge >= 0.3 is 0 Å². The zero-order chi connectivity index (χ0) is 19.8. The van der Waals surface area contributed by atoms with Crippen LogP contribution in [0.1, 0.15) is 50.3 Å². The number of hydrogen-bond donors (Lipinski definition) is 0. The van der Waals surface area contributed by atoms with Crippen molar-refractivity contribution >= 4 is 16.9 Å². The Bertz CT molecular complexity index is 1140. The van der Waals surface area contributed by atoms with Gasteiger partial charge in [0.2, 0.25) is 5.89 Å². The maximum Gasteiger partial charge on any atom is 0.217 e. The first-order valence-electron chi connectivity index (χ1n) is 10.2. The Kier molecular flexibility index (Phi) is 4.51. The maximum atomic E-state index is 6.35. The summed E-state index contributed by atoms with van der Waals surface area (Å²) in [7, 11) is 0. The molecule has 0 aliphatic carbocycles. The van der Waals surface area contributed by atoms with Gasteiger partial charge in [-0.2, -0.15) is 0 Å². The van der Waals surface area contributed by atoms with Crippen LogP contribution < -0.4 is 4.90 Å². The molecule has 1 atom stereocenters. The summed E-state index contributed by atoms with van der Waals surface area (Å²) in [5.41, 5.74) is 3.88. The molecule has 1 aliphatic rings. The number of oxazole rings is 1. The molecule has 0 N–H and O–H groups in total. The number of rotatable bonds is 4. The van der Waals surface area contributed by atoms with Crippen LogP contribution in [0.4, 0.5) is 5.82 Å². The molecule has 0 amide bonds. The first-order chi connectivity index (χ1) is 14.2. The second kappa shape index (κ2) is 7.32. The Labute approximate surface area is 170 Å². The van der Waals surface area contributed by atoms with Crippen LogP contribution in [-0.4, -0.2) is 21.5 Å². The highest BCUT2D eigenvalue weighted by Gasteiger charge is 2.33. The molecular weight excluding hydrogens is 360 g/mol. The third-order valence-electron chi connectivity index (χ3n) is 5.51. The van der Waals surface area contributed by atoms with Gasteiger partial charge in [-0.3, -0.25) is 4.98 Å². The number of aromatic nitrogens is 3. The summed E-state index contributed by atoms with van der Waals surface area (Å²) in [4.78, 5) is 16.7. The van der Waals surface area contributed by atoms with Crippen LogP contribution in [0.3, 0.4) is 0 Å². The summed E-state index contributed by atoms with van der Waals surface area (Å²) in [5.74, 6) is 2.88. The quantitative estimate of drug-likeness (QED) is 0.448. The summed E-state index contributed by atoms with van der Waals surface area (Å²) in [5, 5.41) is 0. The van der Waals surface area contributed by atoms with Gasteiger partial charge in [-0.25, -0.2) is 9.97 Å². The van der Waals surface area contributed by atoms with E-state index in [0.29, 0.717) is 0 Å². The molecule has 1 saturated heterocycles. The topological polar surface area (TPSA) is 55.1 Å². The minimum absolute atomic E-state index is 0.0837. The molecule has 5 nitrogen and oxygen atoms in total. The van der Waals surface area contributed by atoms with Crippen molar-refractivity contribution in [2.24, 2.45) is 0 Å². The van der Waals surface area contributed by atoms with Crippen molar-refractivity contribution in [1.29, 1.82) is 0 Å². The monoisotopic (exact) mass is 384 g/mol. The Morgan fingerprint density at radius 2 is 1.72 bits per heavy atom. The number of fused-ring (bicyclic) bond motifs is 1. The van der Waals surface area contributed by atoms with Crippen molar-refractivity contribution in [2.75, 3.05) is 11.4 Å². The molecule has 2 aromatic carbocycles. The largest absolute Gasteiger partial charge is 0.442 e. The van der Waals surface area contributed by atoms with E-state index in [1.807, 2.05) is 48.7 Å². The fourth-order valence-corrected chi connectivity index (χ4v) is 4.07. The summed E-state index contributed by atoms with van der Waals surface area (Å²) in [6, 6.07) is 18.4. The number of nitrogens with zero attached hydrogens (tertiary/aromatic N) is 4. The number of anilines is 1. The molecule has 4 aromatic rings. The molecule has 1 unspecified atom stereocenters. The van der Waals surface area contributed by atoms with Gasteiger partial charge in [0.25, 0.3) is 0 Å². The second-order valence-corrected chi connectivity index (χ2v) is 7.85. The number of para-hydroxylation sites is 2. The number of hydrogen-bond acceptors (Lipinski definition) is 5. The molecule has 1 fully saturated rings. The van der Waals surface area contributed by atoms with E-state index in [-0.39, 0.29) is 12.0 Å². The van der Waals surface area contributed by atoms with Crippen LogP contribution in [0.25, 0.3) is 22.3 Å². The summed E-state index contributed by atoms with van der Waals surface area (Å²) in [6.45, 7) is 5.23. The van der Waals surface area contributed by atoms with Crippen molar-refractivity contribution in [3.8, 4) is 11.3 Å². The first-order valence-corrected chi connectivity index (χ1v) is 10.2.